The summed E-state index contributed by atoms with van der Waals surface area (Å²) in [5.41, 5.74) is -0.207. The summed E-state index contributed by atoms with van der Waals surface area (Å²) in [5.74, 6) is -0.0635. The van der Waals surface area contributed by atoms with E-state index >= 15 is 0 Å². The Kier molecular flexibility index (Phi) is 11.8. The van der Waals surface area contributed by atoms with Crippen molar-refractivity contribution in [1.29, 1.82) is 0 Å². The summed E-state index contributed by atoms with van der Waals surface area (Å²) in [5, 5.41) is 3.07. The van der Waals surface area contributed by atoms with Gasteiger partial charge in [-0.2, -0.15) is 0 Å². The Bertz CT molecular complexity index is 393. The van der Waals surface area contributed by atoms with Gasteiger partial charge in [-0.25, -0.2) is 0 Å². The number of hydrogen-bond donors (Lipinski definition) is 1. The van der Waals surface area contributed by atoms with Crippen molar-refractivity contribution in [3.63, 3.8) is 0 Å². The second-order valence-corrected chi connectivity index (χ2v) is 8.02. The molecule has 0 aliphatic heterocycles. The van der Waals surface area contributed by atoms with E-state index in [2.05, 4.69) is 26.1 Å². The highest BCUT2D eigenvalue weighted by Crippen LogP contribution is 2.20. The van der Waals surface area contributed by atoms with Crippen LogP contribution in [0.2, 0.25) is 0 Å². The molecule has 0 saturated carbocycles. The average Bonchev–Trinajstić information content (AvgIpc) is 2.58. The largest absolute Gasteiger partial charge is 0.465 e. The van der Waals surface area contributed by atoms with Gasteiger partial charge < -0.3 is 10.1 Å². The predicted molar refractivity (Wildman–Crippen MR) is 104 cm³/mol. The second kappa shape index (κ2) is 12.3. The highest BCUT2D eigenvalue weighted by atomic mass is 16.5. The van der Waals surface area contributed by atoms with Crippen molar-refractivity contribution in [1.82, 2.24) is 5.32 Å². The first-order valence-electron chi connectivity index (χ1n) is 10.2. The second-order valence-electron chi connectivity index (χ2n) is 8.02. The lowest BCUT2D eigenvalue weighted by Gasteiger charge is -2.27. The minimum Gasteiger partial charge on any atom is -0.465 e. The van der Waals surface area contributed by atoms with Gasteiger partial charge in [0.1, 0.15) is 0 Å². The highest BCUT2D eigenvalue weighted by molar-refractivity contribution is 5.80. The Morgan fingerprint density at radius 2 is 1.72 bits per heavy atom. The minimum absolute atomic E-state index is 0.0208. The molecule has 0 rings (SSSR count). The number of carbonyl (C=O) groups is 2. The lowest BCUT2D eigenvalue weighted by atomic mass is 9.91. The number of rotatable bonds is 13. The van der Waals surface area contributed by atoms with Crippen molar-refractivity contribution in [2.75, 3.05) is 6.61 Å². The van der Waals surface area contributed by atoms with E-state index in [-0.39, 0.29) is 29.3 Å². The number of unbranched alkanes of at least 4 members (excludes halogenated alkanes) is 1. The molecule has 0 bridgehead atoms. The van der Waals surface area contributed by atoms with E-state index < -0.39 is 0 Å². The van der Waals surface area contributed by atoms with Gasteiger partial charge in [0.15, 0.2) is 0 Å². The molecule has 0 spiro atoms. The van der Waals surface area contributed by atoms with Crippen molar-refractivity contribution in [2.24, 2.45) is 17.8 Å². The lowest BCUT2D eigenvalue weighted by Crippen LogP contribution is -2.45. The summed E-state index contributed by atoms with van der Waals surface area (Å²) in [7, 11) is 0. The molecule has 25 heavy (non-hydrogen) atoms. The number of ether oxygens (including phenoxy) is 1. The van der Waals surface area contributed by atoms with Gasteiger partial charge in [0.05, 0.1) is 12.5 Å². The Hall–Kier alpha value is -1.06. The van der Waals surface area contributed by atoms with E-state index in [1.165, 1.54) is 12.8 Å². The Balaban J connectivity index is 4.50. The first kappa shape index (κ1) is 23.9. The summed E-state index contributed by atoms with van der Waals surface area (Å²) in [6, 6.07) is 0. The zero-order valence-corrected chi connectivity index (χ0v) is 17.6. The van der Waals surface area contributed by atoms with Gasteiger partial charge >= 0.3 is 5.97 Å². The highest BCUT2D eigenvalue weighted by Gasteiger charge is 2.27. The van der Waals surface area contributed by atoms with Crippen LogP contribution in [0.4, 0.5) is 0 Å². The molecule has 0 radical (unpaired) electrons. The first-order valence-corrected chi connectivity index (χ1v) is 10.2. The molecular weight excluding hydrogens is 314 g/mol. The Morgan fingerprint density at radius 1 is 1.08 bits per heavy atom. The molecule has 4 heteroatoms. The van der Waals surface area contributed by atoms with Gasteiger partial charge in [-0.05, 0) is 45.4 Å². The topological polar surface area (TPSA) is 55.4 Å². The van der Waals surface area contributed by atoms with Gasteiger partial charge in [0.25, 0.3) is 0 Å². The predicted octanol–water partition coefficient (Wildman–Crippen LogP) is 5.10. The monoisotopic (exact) mass is 355 g/mol. The number of amides is 1. The van der Waals surface area contributed by atoms with Crippen molar-refractivity contribution in [3.05, 3.63) is 0 Å². The zero-order chi connectivity index (χ0) is 19.5. The quantitative estimate of drug-likeness (QED) is 0.467. The molecule has 0 fully saturated rings. The van der Waals surface area contributed by atoms with Gasteiger partial charge in [0, 0.05) is 11.5 Å². The summed E-state index contributed by atoms with van der Waals surface area (Å²) in [4.78, 5) is 24.8. The summed E-state index contributed by atoms with van der Waals surface area (Å²) in [6.07, 6.45) is 6.63. The van der Waals surface area contributed by atoms with Crippen LogP contribution in [0.15, 0.2) is 0 Å². The van der Waals surface area contributed by atoms with Crippen molar-refractivity contribution in [2.45, 2.75) is 99.0 Å². The third-order valence-corrected chi connectivity index (χ3v) is 5.26. The van der Waals surface area contributed by atoms with E-state index in [4.69, 9.17) is 4.74 Å². The molecule has 1 amide bonds. The van der Waals surface area contributed by atoms with Crippen molar-refractivity contribution in [3.8, 4) is 0 Å². The summed E-state index contributed by atoms with van der Waals surface area (Å²) in [6.45, 7) is 14.8. The van der Waals surface area contributed by atoms with Crippen molar-refractivity contribution < 1.29 is 14.3 Å². The summed E-state index contributed by atoms with van der Waals surface area (Å²) >= 11 is 0. The normalized spacial score (nSPS) is 15.3. The van der Waals surface area contributed by atoms with E-state index in [1.54, 1.807) is 0 Å². The van der Waals surface area contributed by atoms with Crippen LogP contribution in [-0.4, -0.2) is 24.0 Å². The van der Waals surface area contributed by atoms with Crippen LogP contribution in [0.25, 0.3) is 0 Å². The summed E-state index contributed by atoms with van der Waals surface area (Å²) < 4.78 is 5.58. The van der Waals surface area contributed by atoms with E-state index in [1.807, 2.05) is 27.7 Å². The maximum atomic E-state index is 12.4. The van der Waals surface area contributed by atoms with Crippen LogP contribution in [-0.2, 0) is 14.3 Å². The van der Waals surface area contributed by atoms with Crippen LogP contribution in [0.3, 0.4) is 0 Å². The Morgan fingerprint density at radius 3 is 2.20 bits per heavy atom. The molecule has 0 aromatic heterocycles. The molecule has 148 valence electrons. The third-order valence-electron chi connectivity index (χ3n) is 5.26. The minimum atomic E-state index is -0.207. The number of esters is 1. The van der Waals surface area contributed by atoms with Crippen LogP contribution in [0.1, 0.15) is 93.4 Å². The molecule has 0 heterocycles. The van der Waals surface area contributed by atoms with Gasteiger partial charge in [0.2, 0.25) is 5.91 Å². The molecule has 3 unspecified atom stereocenters. The van der Waals surface area contributed by atoms with E-state index in [0.29, 0.717) is 25.4 Å². The van der Waals surface area contributed by atoms with Crippen LogP contribution < -0.4 is 5.32 Å². The lowest BCUT2D eigenvalue weighted by molar-refractivity contribution is -0.151. The van der Waals surface area contributed by atoms with E-state index in [0.717, 1.165) is 19.3 Å². The molecular formula is C21H41NO3. The van der Waals surface area contributed by atoms with Crippen LogP contribution >= 0.6 is 0 Å². The maximum absolute atomic E-state index is 12.4. The third kappa shape index (κ3) is 9.86. The molecule has 0 aliphatic rings. The first-order chi connectivity index (χ1) is 11.7. The maximum Gasteiger partial charge on any atom is 0.308 e. The molecule has 0 saturated heterocycles. The van der Waals surface area contributed by atoms with Crippen LogP contribution in [0.5, 0.6) is 0 Å². The average molecular weight is 356 g/mol. The van der Waals surface area contributed by atoms with Gasteiger partial charge in [-0.1, -0.05) is 53.9 Å². The number of nitrogens with one attached hydrogen (secondary N) is 1. The molecule has 0 aromatic rings. The molecule has 4 nitrogen and oxygen atoms in total. The molecule has 0 aliphatic carbocycles. The fourth-order valence-corrected chi connectivity index (χ4v) is 2.72. The fourth-order valence-electron chi connectivity index (χ4n) is 2.72. The SMILES string of the molecule is CCCCC(CC)COC(=O)C(CC)CC(C)C(=O)NC(C)(C)CC. The fraction of sp³-hybridized carbons (Fsp3) is 0.905. The Labute approximate surface area is 155 Å². The van der Waals surface area contributed by atoms with Gasteiger partial charge in [-0.3, -0.25) is 9.59 Å². The van der Waals surface area contributed by atoms with E-state index in [9.17, 15) is 9.59 Å². The number of carbonyl (C=O) groups excluding carboxylic acids is 2. The molecule has 3 atom stereocenters. The van der Waals surface area contributed by atoms with Gasteiger partial charge in [-0.15, -0.1) is 0 Å². The zero-order valence-electron chi connectivity index (χ0n) is 17.6. The smallest absolute Gasteiger partial charge is 0.308 e. The van der Waals surface area contributed by atoms with Crippen molar-refractivity contribution >= 4 is 11.9 Å². The number of hydrogen-bond acceptors (Lipinski definition) is 3. The molecule has 0 aromatic carbocycles. The molecule has 1 N–H and O–H groups in total. The van der Waals surface area contributed by atoms with Crippen LogP contribution in [0, 0.1) is 17.8 Å². The standard InChI is InChI=1S/C21H41NO3/c1-8-12-13-17(9-2)15-25-20(24)18(10-3)14-16(5)19(23)22-21(6,7)11-4/h16-18H,8-15H2,1-7H3,(H,22,23).